The number of phenolic OH excluding ortho intramolecular Hbond substituents is 1. The molecule has 0 radical (unpaired) electrons. The summed E-state index contributed by atoms with van der Waals surface area (Å²) >= 11 is 2.23. The Balaban J connectivity index is 1.69. The Labute approximate surface area is 195 Å². The van der Waals surface area contributed by atoms with Crippen LogP contribution in [0.25, 0.3) is 11.2 Å². The SMILES string of the molecule is CCC(CO)Nc1nc(NCc2cc(I)ccc2O)c2ncn(C3CCCCC3)c2n1. The number of halogens is 1. The van der Waals surface area contributed by atoms with Gasteiger partial charge in [0, 0.05) is 21.7 Å². The van der Waals surface area contributed by atoms with Gasteiger partial charge in [0.15, 0.2) is 17.0 Å². The van der Waals surface area contributed by atoms with E-state index in [0.29, 0.717) is 24.4 Å². The first-order chi connectivity index (χ1) is 15.1. The van der Waals surface area contributed by atoms with E-state index < -0.39 is 0 Å². The first-order valence-corrected chi connectivity index (χ1v) is 12.0. The molecule has 1 fully saturated rings. The molecule has 1 atom stereocenters. The number of phenols is 1. The monoisotopic (exact) mass is 536 g/mol. The molecule has 4 N–H and O–H groups in total. The summed E-state index contributed by atoms with van der Waals surface area (Å²) in [6, 6.07) is 5.80. The molecule has 166 valence electrons. The zero-order valence-corrected chi connectivity index (χ0v) is 19.8. The number of aromatic nitrogens is 4. The molecule has 1 aliphatic carbocycles. The van der Waals surface area contributed by atoms with Gasteiger partial charge in [-0.2, -0.15) is 9.97 Å². The maximum atomic E-state index is 10.2. The lowest BCUT2D eigenvalue weighted by Gasteiger charge is -2.23. The summed E-state index contributed by atoms with van der Waals surface area (Å²) < 4.78 is 3.23. The minimum atomic E-state index is -0.115. The lowest BCUT2D eigenvalue weighted by atomic mass is 9.95. The van der Waals surface area contributed by atoms with Crippen LogP contribution in [-0.4, -0.2) is 42.4 Å². The number of aliphatic hydroxyl groups is 1. The quantitative estimate of drug-likeness (QED) is 0.316. The number of rotatable bonds is 8. The third-order valence-electron chi connectivity index (χ3n) is 5.92. The van der Waals surface area contributed by atoms with Crippen molar-refractivity contribution >= 4 is 45.5 Å². The highest BCUT2D eigenvalue weighted by molar-refractivity contribution is 14.1. The Kier molecular flexibility index (Phi) is 7.11. The second-order valence-corrected chi connectivity index (χ2v) is 9.32. The number of hydrogen-bond donors (Lipinski definition) is 4. The van der Waals surface area contributed by atoms with E-state index in [1.54, 1.807) is 6.07 Å². The van der Waals surface area contributed by atoms with Crippen LogP contribution in [-0.2, 0) is 6.54 Å². The fourth-order valence-corrected chi connectivity index (χ4v) is 4.62. The molecule has 0 bridgehead atoms. The third-order valence-corrected chi connectivity index (χ3v) is 6.59. The molecule has 31 heavy (non-hydrogen) atoms. The zero-order valence-electron chi connectivity index (χ0n) is 17.7. The highest BCUT2D eigenvalue weighted by Crippen LogP contribution is 2.32. The Morgan fingerprint density at radius 2 is 2.03 bits per heavy atom. The van der Waals surface area contributed by atoms with Crippen LogP contribution in [0.4, 0.5) is 11.8 Å². The van der Waals surface area contributed by atoms with Gasteiger partial charge in [-0.05, 0) is 60.1 Å². The highest BCUT2D eigenvalue weighted by Gasteiger charge is 2.21. The van der Waals surface area contributed by atoms with Gasteiger partial charge in [-0.3, -0.25) is 0 Å². The van der Waals surface area contributed by atoms with Gasteiger partial charge in [-0.15, -0.1) is 0 Å². The van der Waals surface area contributed by atoms with Crippen molar-refractivity contribution in [3.8, 4) is 5.75 Å². The average molecular weight is 536 g/mol. The Morgan fingerprint density at radius 1 is 1.23 bits per heavy atom. The smallest absolute Gasteiger partial charge is 0.227 e. The normalized spacial score (nSPS) is 15.8. The molecule has 8 nitrogen and oxygen atoms in total. The molecule has 2 heterocycles. The summed E-state index contributed by atoms with van der Waals surface area (Å²) in [7, 11) is 0. The topological polar surface area (TPSA) is 108 Å². The van der Waals surface area contributed by atoms with E-state index in [-0.39, 0.29) is 18.4 Å². The van der Waals surface area contributed by atoms with E-state index in [1.165, 1.54) is 19.3 Å². The number of nitrogens with one attached hydrogen (secondary N) is 2. The summed E-state index contributed by atoms with van der Waals surface area (Å²) in [6.45, 7) is 2.44. The number of hydrogen-bond acceptors (Lipinski definition) is 7. The lowest BCUT2D eigenvalue weighted by Crippen LogP contribution is -2.24. The van der Waals surface area contributed by atoms with E-state index >= 15 is 0 Å². The van der Waals surface area contributed by atoms with Crippen LogP contribution >= 0.6 is 22.6 Å². The van der Waals surface area contributed by atoms with Gasteiger partial charge in [0.25, 0.3) is 0 Å². The average Bonchev–Trinajstić information content (AvgIpc) is 3.22. The van der Waals surface area contributed by atoms with Crippen LogP contribution in [0.2, 0.25) is 0 Å². The van der Waals surface area contributed by atoms with Gasteiger partial charge in [0.1, 0.15) is 5.75 Å². The zero-order chi connectivity index (χ0) is 21.8. The van der Waals surface area contributed by atoms with Crippen LogP contribution in [0.1, 0.15) is 57.1 Å². The predicted molar refractivity (Wildman–Crippen MR) is 130 cm³/mol. The van der Waals surface area contributed by atoms with Crippen molar-refractivity contribution in [1.29, 1.82) is 0 Å². The van der Waals surface area contributed by atoms with E-state index in [1.807, 2.05) is 25.4 Å². The van der Waals surface area contributed by atoms with Gasteiger partial charge >= 0.3 is 0 Å². The standard InChI is InChI=1S/C22H29IN6O2/c1-2-16(12-30)26-22-27-20(24-11-14-10-15(23)8-9-18(14)31)19-21(28-22)29(13-25-19)17-6-4-3-5-7-17/h8-10,13,16-17,30-31H,2-7,11-12H2,1H3,(H2,24,26,27,28). The highest BCUT2D eigenvalue weighted by atomic mass is 127. The summed E-state index contributed by atoms with van der Waals surface area (Å²) in [4.78, 5) is 14.1. The van der Waals surface area contributed by atoms with E-state index in [2.05, 4.69) is 47.8 Å². The van der Waals surface area contributed by atoms with Crippen molar-refractivity contribution in [2.45, 2.75) is 64.1 Å². The molecule has 0 amide bonds. The van der Waals surface area contributed by atoms with Crippen molar-refractivity contribution in [3.63, 3.8) is 0 Å². The molecular formula is C22H29IN6O2. The van der Waals surface area contributed by atoms with Crippen molar-refractivity contribution in [2.24, 2.45) is 0 Å². The summed E-state index contributed by atoms with van der Waals surface area (Å²) in [5.41, 5.74) is 2.31. The summed E-state index contributed by atoms with van der Waals surface area (Å²) in [5.74, 6) is 1.34. The van der Waals surface area contributed by atoms with Gasteiger partial charge in [0.05, 0.1) is 19.0 Å². The first-order valence-electron chi connectivity index (χ1n) is 10.9. The molecule has 1 aliphatic rings. The molecule has 2 aromatic heterocycles. The van der Waals surface area contributed by atoms with Gasteiger partial charge in [-0.1, -0.05) is 26.2 Å². The third kappa shape index (κ3) is 5.03. The van der Waals surface area contributed by atoms with Crippen molar-refractivity contribution in [2.75, 3.05) is 17.2 Å². The number of aromatic hydroxyl groups is 1. The van der Waals surface area contributed by atoms with Crippen molar-refractivity contribution < 1.29 is 10.2 Å². The Bertz CT molecular complexity index is 1030. The van der Waals surface area contributed by atoms with Crippen LogP contribution in [0.5, 0.6) is 5.75 Å². The van der Waals surface area contributed by atoms with Crippen LogP contribution < -0.4 is 10.6 Å². The minimum absolute atomic E-state index is 0.0128. The Morgan fingerprint density at radius 3 is 2.77 bits per heavy atom. The molecule has 0 aliphatic heterocycles. The summed E-state index contributed by atoms with van der Waals surface area (Å²) in [5, 5.41) is 26.4. The van der Waals surface area contributed by atoms with Crippen molar-refractivity contribution in [1.82, 2.24) is 19.5 Å². The number of aliphatic hydroxyl groups excluding tert-OH is 1. The van der Waals surface area contributed by atoms with Gasteiger partial charge in [0.2, 0.25) is 5.95 Å². The fourth-order valence-electron chi connectivity index (χ4n) is 4.06. The number of benzene rings is 1. The van der Waals surface area contributed by atoms with Crippen LogP contribution in [0, 0.1) is 3.57 Å². The van der Waals surface area contributed by atoms with E-state index in [0.717, 1.165) is 39.6 Å². The molecule has 4 rings (SSSR count). The lowest BCUT2D eigenvalue weighted by molar-refractivity contribution is 0.271. The number of nitrogens with zero attached hydrogens (tertiary/aromatic N) is 4. The molecule has 1 aromatic carbocycles. The molecule has 0 saturated heterocycles. The van der Waals surface area contributed by atoms with Crippen LogP contribution in [0.3, 0.4) is 0 Å². The molecule has 0 spiro atoms. The van der Waals surface area contributed by atoms with Crippen LogP contribution in [0.15, 0.2) is 24.5 Å². The molecule has 1 saturated carbocycles. The molecule has 9 heteroatoms. The Hall–Kier alpha value is -2.14. The van der Waals surface area contributed by atoms with E-state index in [4.69, 9.17) is 4.98 Å². The number of fused-ring (bicyclic) bond motifs is 1. The molecule has 3 aromatic rings. The number of anilines is 2. The van der Waals surface area contributed by atoms with E-state index in [9.17, 15) is 10.2 Å². The predicted octanol–water partition coefficient (Wildman–Crippen LogP) is 4.44. The van der Waals surface area contributed by atoms with Crippen molar-refractivity contribution in [3.05, 3.63) is 33.7 Å². The maximum Gasteiger partial charge on any atom is 0.227 e. The number of imidazole rings is 1. The van der Waals surface area contributed by atoms with Gasteiger partial charge < -0.3 is 25.4 Å². The first kappa shape index (κ1) is 22.1. The summed E-state index contributed by atoms with van der Waals surface area (Å²) in [6.07, 6.45) is 8.62. The fraction of sp³-hybridized carbons (Fsp3) is 0.500. The maximum absolute atomic E-state index is 10.2. The largest absolute Gasteiger partial charge is 0.508 e. The van der Waals surface area contributed by atoms with Gasteiger partial charge in [-0.25, -0.2) is 4.98 Å². The molecule has 1 unspecified atom stereocenters. The minimum Gasteiger partial charge on any atom is -0.508 e. The second kappa shape index (κ2) is 9.99. The molecular weight excluding hydrogens is 507 g/mol. The second-order valence-electron chi connectivity index (χ2n) is 8.07.